The molecule has 2 unspecified atom stereocenters. The molecule has 124 valence electrons. The van der Waals surface area contributed by atoms with Gasteiger partial charge >= 0.3 is 0 Å². The van der Waals surface area contributed by atoms with Crippen LogP contribution in [0.5, 0.6) is 0 Å². The first-order chi connectivity index (χ1) is 10.8. The minimum absolute atomic E-state index is 0.526. The Morgan fingerprint density at radius 1 is 1.50 bits per heavy atom. The minimum atomic E-state index is 0.526. The van der Waals surface area contributed by atoms with Crippen molar-refractivity contribution in [2.75, 3.05) is 39.1 Å². The molecule has 6 heteroatoms. The van der Waals surface area contributed by atoms with Crippen molar-refractivity contribution in [3.05, 3.63) is 24.2 Å². The summed E-state index contributed by atoms with van der Waals surface area (Å²) in [5, 5.41) is 7.36. The molecule has 1 aromatic heterocycles. The molecule has 0 amide bonds. The smallest absolute Gasteiger partial charge is 0.191 e. The van der Waals surface area contributed by atoms with Crippen molar-refractivity contribution in [3.8, 4) is 0 Å². The van der Waals surface area contributed by atoms with Gasteiger partial charge in [0.05, 0.1) is 19.4 Å². The molecule has 1 aromatic rings. The normalized spacial score (nSPS) is 20.1. The van der Waals surface area contributed by atoms with Gasteiger partial charge in [-0.15, -0.1) is 0 Å². The predicted octanol–water partition coefficient (Wildman–Crippen LogP) is 2.15. The second-order valence-corrected chi connectivity index (χ2v) is 6.88. The highest BCUT2D eigenvalue weighted by Crippen LogP contribution is 2.10. The standard InChI is InChI=1S/C16H27N3O2S/c1-13(22-2)10-18-16(19-11-14-6-9-20-12-14)17-7-5-15-4-3-8-21-15/h3-4,8,13-14H,5-7,9-12H2,1-2H3,(H2,17,18,19). The lowest BCUT2D eigenvalue weighted by atomic mass is 10.1. The van der Waals surface area contributed by atoms with Crippen LogP contribution in [0.25, 0.3) is 0 Å². The lowest BCUT2D eigenvalue weighted by Crippen LogP contribution is -2.41. The zero-order chi connectivity index (χ0) is 15.6. The molecule has 1 aliphatic heterocycles. The first-order valence-corrected chi connectivity index (χ1v) is 9.22. The second-order valence-electron chi connectivity index (χ2n) is 5.60. The van der Waals surface area contributed by atoms with E-state index in [4.69, 9.17) is 9.15 Å². The summed E-state index contributed by atoms with van der Waals surface area (Å²) in [5.41, 5.74) is 0. The molecule has 1 fully saturated rings. The predicted molar refractivity (Wildman–Crippen MR) is 92.6 cm³/mol. The van der Waals surface area contributed by atoms with E-state index in [9.17, 15) is 0 Å². The number of guanidine groups is 1. The van der Waals surface area contributed by atoms with E-state index in [0.29, 0.717) is 11.2 Å². The Balaban J connectivity index is 1.77. The number of aliphatic imine (C=N–C) groups is 1. The van der Waals surface area contributed by atoms with Gasteiger partial charge in [0, 0.05) is 37.3 Å². The van der Waals surface area contributed by atoms with Crippen LogP contribution in [0.3, 0.4) is 0 Å². The molecule has 0 radical (unpaired) electrons. The third-order valence-electron chi connectivity index (χ3n) is 3.73. The van der Waals surface area contributed by atoms with Crippen molar-refractivity contribution in [2.24, 2.45) is 10.9 Å². The third-order valence-corrected chi connectivity index (χ3v) is 4.69. The molecule has 1 aliphatic rings. The fraction of sp³-hybridized carbons (Fsp3) is 0.688. The minimum Gasteiger partial charge on any atom is -0.469 e. The monoisotopic (exact) mass is 325 g/mol. The molecule has 2 atom stereocenters. The van der Waals surface area contributed by atoms with Crippen LogP contribution in [0.1, 0.15) is 19.1 Å². The van der Waals surface area contributed by atoms with Gasteiger partial charge in [-0.3, -0.25) is 4.99 Å². The summed E-state index contributed by atoms with van der Waals surface area (Å²) in [5.74, 6) is 2.47. The van der Waals surface area contributed by atoms with Crippen molar-refractivity contribution in [1.29, 1.82) is 0 Å². The fourth-order valence-electron chi connectivity index (χ4n) is 2.21. The number of hydrogen-bond acceptors (Lipinski definition) is 4. The van der Waals surface area contributed by atoms with E-state index in [1.54, 1.807) is 6.26 Å². The van der Waals surface area contributed by atoms with Gasteiger partial charge in [0.2, 0.25) is 0 Å². The van der Waals surface area contributed by atoms with E-state index in [1.807, 2.05) is 23.9 Å². The van der Waals surface area contributed by atoms with Gasteiger partial charge in [0.1, 0.15) is 5.76 Å². The number of hydrogen-bond donors (Lipinski definition) is 2. The molecule has 0 spiro atoms. The molecule has 0 bridgehead atoms. The number of rotatable bonds is 8. The van der Waals surface area contributed by atoms with E-state index in [0.717, 1.165) is 57.4 Å². The number of thioether (sulfide) groups is 1. The zero-order valence-corrected chi connectivity index (χ0v) is 14.3. The van der Waals surface area contributed by atoms with Crippen molar-refractivity contribution in [1.82, 2.24) is 10.6 Å². The number of nitrogens with one attached hydrogen (secondary N) is 2. The van der Waals surface area contributed by atoms with E-state index >= 15 is 0 Å². The Morgan fingerprint density at radius 2 is 2.41 bits per heavy atom. The van der Waals surface area contributed by atoms with E-state index < -0.39 is 0 Å². The molecule has 0 saturated carbocycles. The number of ether oxygens (including phenoxy) is 1. The average molecular weight is 325 g/mol. The lowest BCUT2D eigenvalue weighted by molar-refractivity contribution is 0.186. The zero-order valence-electron chi connectivity index (χ0n) is 13.5. The van der Waals surface area contributed by atoms with Gasteiger partial charge < -0.3 is 19.8 Å². The highest BCUT2D eigenvalue weighted by atomic mass is 32.2. The van der Waals surface area contributed by atoms with Gasteiger partial charge in [-0.05, 0) is 24.8 Å². The third kappa shape index (κ3) is 6.32. The van der Waals surface area contributed by atoms with Crippen LogP contribution in [0, 0.1) is 5.92 Å². The van der Waals surface area contributed by atoms with Crippen molar-refractivity contribution in [3.63, 3.8) is 0 Å². The maximum atomic E-state index is 5.42. The Labute approximate surface area is 137 Å². The topological polar surface area (TPSA) is 58.8 Å². The average Bonchev–Trinajstić information content (AvgIpc) is 3.22. The lowest BCUT2D eigenvalue weighted by Gasteiger charge is -2.15. The largest absolute Gasteiger partial charge is 0.469 e. The SMILES string of the molecule is CSC(C)CN=C(NCCc1ccco1)NCC1CCOC1. The quantitative estimate of drug-likeness (QED) is 0.566. The van der Waals surface area contributed by atoms with Crippen LogP contribution in [-0.4, -0.2) is 50.3 Å². The molecule has 0 aliphatic carbocycles. The molecule has 0 aromatic carbocycles. The molecule has 2 heterocycles. The second kappa shape index (κ2) is 9.79. The van der Waals surface area contributed by atoms with E-state index in [-0.39, 0.29) is 0 Å². The summed E-state index contributed by atoms with van der Waals surface area (Å²) in [6, 6.07) is 3.92. The molecule has 5 nitrogen and oxygen atoms in total. The first kappa shape index (κ1) is 17.2. The molecule has 2 N–H and O–H groups in total. The summed E-state index contributed by atoms with van der Waals surface area (Å²) in [6.45, 7) is 6.48. The first-order valence-electron chi connectivity index (χ1n) is 7.93. The van der Waals surface area contributed by atoms with Crippen LogP contribution in [0.15, 0.2) is 27.8 Å². The van der Waals surface area contributed by atoms with Gasteiger partial charge in [-0.1, -0.05) is 6.92 Å². The van der Waals surface area contributed by atoms with Gasteiger partial charge in [-0.25, -0.2) is 0 Å². The van der Waals surface area contributed by atoms with Crippen LogP contribution in [0.2, 0.25) is 0 Å². The molecule has 1 saturated heterocycles. The summed E-state index contributed by atoms with van der Waals surface area (Å²) in [7, 11) is 0. The van der Waals surface area contributed by atoms with Crippen molar-refractivity contribution < 1.29 is 9.15 Å². The summed E-state index contributed by atoms with van der Waals surface area (Å²) < 4.78 is 10.8. The van der Waals surface area contributed by atoms with Gasteiger partial charge in [0.25, 0.3) is 0 Å². The highest BCUT2D eigenvalue weighted by Gasteiger charge is 2.15. The Kier molecular flexibility index (Phi) is 7.66. The summed E-state index contributed by atoms with van der Waals surface area (Å²) in [4.78, 5) is 4.68. The van der Waals surface area contributed by atoms with Crippen LogP contribution >= 0.6 is 11.8 Å². The van der Waals surface area contributed by atoms with Crippen LogP contribution < -0.4 is 10.6 Å². The van der Waals surface area contributed by atoms with E-state index in [1.165, 1.54) is 0 Å². The van der Waals surface area contributed by atoms with Crippen molar-refractivity contribution in [2.45, 2.75) is 25.0 Å². The highest BCUT2D eigenvalue weighted by molar-refractivity contribution is 7.99. The van der Waals surface area contributed by atoms with E-state index in [2.05, 4.69) is 28.8 Å². The molecular formula is C16H27N3O2S. The van der Waals surface area contributed by atoms with Crippen LogP contribution in [0.4, 0.5) is 0 Å². The Hall–Kier alpha value is -1.14. The molecule has 22 heavy (non-hydrogen) atoms. The Morgan fingerprint density at radius 3 is 3.09 bits per heavy atom. The molecule has 2 rings (SSSR count). The fourth-order valence-corrected chi connectivity index (χ4v) is 2.44. The van der Waals surface area contributed by atoms with Crippen LogP contribution in [-0.2, 0) is 11.2 Å². The molecular weight excluding hydrogens is 298 g/mol. The van der Waals surface area contributed by atoms with Gasteiger partial charge in [-0.2, -0.15) is 11.8 Å². The Bertz CT molecular complexity index is 431. The van der Waals surface area contributed by atoms with Gasteiger partial charge in [0.15, 0.2) is 5.96 Å². The maximum absolute atomic E-state index is 5.42. The summed E-state index contributed by atoms with van der Waals surface area (Å²) >= 11 is 1.83. The number of nitrogens with zero attached hydrogens (tertiary/aromatic N) is 1. The summed E-state index contributed by atoms with van der Waals surface area (Å²) in [6.07, 6.45) is 5.82. The number of furan rings is 1. The maximum Gasteiger partial charge on any atom is 0.191 e. The van der Waals surface area contributed by atoms with Crippen molar-refractivity contribution >= 4 is 17.7 Å².